The van der Waals surface area contributed by atoms with Crippen LogP contribution in [0.4, 0.5) is 21.9 Å². The van der Waals surface area contributed by atoms with Gasteiger partial charge in [-0.15, -0.1) is 0 Å². The summed E-state index contributed by atoms with van der Waals surface area (Å²) >= 11 is 0. The van der Waals surface area contributed by atoms with E-state index in [0.29, 0.717) is 0 Å². The highest BCUT2D eigenvalue weighted by molar-refractivity contribution is 6.09. The number of carbonyl (C=O) groups excluding carboxylic acids is 1. The van der Waals surface area contributed by atoms with Crippen molar-refractivity contribution in [2.45, 2.75) is 13.0 Å². The molecule has 0 bridgehead atoms. The van der Waals surface area contributed by atoms with Gasteiger partial charge in [-0.25, -0.2) is 4.79 Å². The van der Waals surface area contributed by atoms with E-state index in [1.165, 1.54) is 0 Å². The van der Waals surface area contributed by atoms with Gasteiger partial charge in [0, 0.05) is 28.2 Å². The van der Waals surface area contributed by atoms with Crippen LogP contribution in [0, 0.1) is 0 Å². The predicted octanol–water partition coefficient (Wildman–Crippen LogP) is 2.95. The number of carbonyl (C=O) groups is 1. The van der Waals surface area contributed by atoms with Gasteiger partial charge in [0.05, 0.1) is 28.6 Å². The Morgan fingerprint density at radius 3 is 2.96 bits per heavy atom. The van der Waals surface area contributed by atoms with Crippen molar-refractivity contribution in [1.82, 2.24) is 4.98 Å². The molecule has 126 valence electrons. The van der Waals surface area contributed by atoms with Crippen LogP contribution in [0.5, 0.6) is 0 Å². The number of fused-ring (bicyclic) bond motifs is 4. The molecule has 5 heteroatoms. The Hall–Kier alpha value is -3.47. The lowest BCUT2D eigenvalue weighted by Gasteiger charge is -2.24. The molecule has 2 amide bonds. The summed E-state index contributed by atoms with van der Waals surface area (Å²) in [5.41, 5.74) is 3.48. The molecule has 3 heterocycles. The summed E-state index contributed by atoms with van der Waals surface area (Å²) in [5.74, 6) is 0. The first-order chi connectivity index (χ1) is 12.7. The van der Waals surface area contributed by atoms with Crippen molar-refractivity contribution < 1.29 is 4.79 Å². The van der Waals surface area contributed by atoms with E-state index in [4.69, 9.17) is 0 Å². The Balaban J connectivity index is 1.54. The first-order valence-electron chi connectivity index (χ1n) is 8.55. The average Bonchev–Trinajstić information content (AvgIpc) is 3.25. The number of aromatic nitrogens is 1. The number of benzene rings is 2. The third-order valence-corrected chi connectivity index (χ3v) is 4.88. The van der Waals surface area contributed by atoms with E-state index in [0.717, 1.165) is 38.4 Å². The number of urea groups is 1. The normalized spacial score (nSPS) is 16.8. The number of hydrogen-bond donors (Lipinski definition) is 1. The predicted molar refractivity (Wildman–Crippen MR) is 105 cm³/mol. The van der Waals surface area contributed by atoms with Gasteiger partial charge in [0.1, 0.15) is 0 Å². The zero-order valence-electron chi connectivity index (χ0n) is 14.2. The lowest BCUT2D eigenvalue weighted by Crippen LogP contribution is -2.39. The summed E-state index contributed by atoms with van der Waals surface area (Å²) in [6, 6.07) is 13.3. The molecule has 2 aliphatic rings. The van der Waals surface area contributed by atoms with Crippen molar-refractivity contribution in [3.63, 3.8) is 0 Å². The molecule has 2 aromatic carbocycles. The minimum absolute atomic E-state index is 0.0291. The van der Waals surface area contributed by atoms with Gasteiger partial charge < -0.3 is 5.32 Å². The number of nitrogens with one attached hydrogen (secondary N) is 1. The lowest BCUT2D eigenvalue weighted by molar-refractivity contribution is 0.256. The molecule has 0 saturated carbocycles. The van der Waals surface area contributed by atoms with Crippen LogP contribution >= 0.6 is 0 Å². The molecule has 1 unspecified atom stereocenters. The molecule has 1 aromatic heterocycles. The highest BCUT2D eigenvalue weighted by atomic mass is 16.2. The average molecular weight is 340 g/mol. The van der Waals surface area contributed by atoms with Gasteiger partial charge in [0.15, 0.2) is 0 Å². The lowest BCUT2D eigenvalue weighted by atomic mass is 10.2. The Bertz CT molecular complexity index is 1210. The molecular weight excluding hydrogens is 324 g/mol. The molecule has 5 rings (SSSR count). The summed E-state index contributed by atoms with van der Waals surface area (Å²) in [6.07, 6.45) is 7.66. The highest BCUT2D eigenvalue weighted by Gasteiger charge is 2.27. The van der Waals surface area contributed by atoms with Crippen LogP contribution < -0.4 is 20.7 Å². The summed E-state index contributed by atoms with van der Waals surface area (Å²) in [7, 11) is 0. The van der Waals surface area contributed by atoms with Gasteiger partial charge in [-0.05, 0) is 49.4 Å². The molecular formula is C21H16N4O. The summed E-state index contributed by atoms with van der Waals surface area (Å²) < 4.78 is 0. The molecule has 26 heavy (non-hydrogen) atoms. The van der Waals surface area contributed by atoms with E-state index >= 15 is 0 Å². The van der Waals surface area contributed by atoms with E-state index in [1.807, 2.05) is 55.5 Å². The maximum Gasteiger partial charge on any atom is 0.326 e. The second-order valence-electron chi connectivity index (χ2n) is 6.46. The summed E-state index contributed by atoms with van der Waals surface area (Å²) in [5, 5.41) is 6.13. The van der Waals surface area contributed by atoms with Crippen molar-refractivity contribution >= 4 is 52.4 Å². The van der Waals surface area contributed by atoms with E-state index in [1.54, 1.807) is 17.3 Å². The molecule has 2 aliphatic heterocycles. The molecule has 3 aromatic rings. The molecule has 0 aliphatic carbocycles. The number of nitrogens with zero attached hydrogens (tertiary/aromatic N) is 3. The minimum atomic E-state index is -0.150. The maximum absolute atomic E-state index is 13.1. The summed E-state index contributed by atoms with van der Waals surface area (Å²) in [6.45, 7) is 2.02. The van der Waals surface area contributed by atoms with Crippen LogP contribution in [0.25, 0.3) is 23.1 Å². The smallest absolute Gasteiger partial charge is 0.307 e. The standard InChI is InChI=1S/C21H16N4O/c1-13-12-16-14-9-11-23-18(14)7-8-20(16)25(13)21(26)24-19-6-2-5-17-15(19)4-3-10-22-17/h2-13H,1H3,(H,24,26). The van der Waals surface area contributed by atoms with Crippen molar-refractivity contribution in [1.29, 1.82) is 0 Å². The SMILES string of the molecule is CC1C=c2c(ccc3c2=CC=N3)N1C(=O)Nc1cccc2ncccc12. The number of anilines is 2. The first kappa shape index (κ1) is 14.8. The fraction of sp³-hybridized carbons (Fsp3) is 0.0952. The number of amides is 2. The largest absolute Gasteiger partial charge is 0.326 e. The maximum atomic E-state index is 13.1. The topological polar surface area (TPSA) is 57.6 Å². The van der Waals surface area contributed by atoms with Gasteiger partial charge in [-0.2, -0.15) is 0 Å². The van der Waals surface area contributed by atoms with Gasteiger partial charge in [-0.1, -0.05) is 12.1 Å². The quantitative estimate of drug-likeness (QED) is 0.740. The number of hydrogen-bond acceptors (Lipinski definition) is 3. The minimum Gasteiger partial charge on any atom is -0.307 e. The third-order valence-electron chi connectivity index (χ3n) is 4.88. The fourth-order valence-corrected chi connectivity index (χ4v) is 3.70. The highest BCUT2D eigenvalue weighted by Crippen LogP contribution is 2.25. The van der Waals surface area contributed by atoms with Crippen LogP contribution in [0.1, 0.15) is 6.92 Å². The first-order valence-corrected chi connectivity index (χ1v) is 8.55. The van der Waals surface area contributed by atoms with Crippen LogP contribution in [0.3, 0.4) is 0 Å². The van der Waals surface area contributed by atoms with Crippen molar-refractivity contribution in [2.75, 3.05) is 10.2 Å². The van der Waals surface area contributed by atoms with E-state index in [2.05, 4.69) is 21.4 Å². The number of pyridine rings is 1. The van der Waals surface area contributed by atoms with E-state index in [9.17, 15) is 4.79 Å². The third kappa shape index (κ3) is 2.14. The number of rotatable bonds is 1. The van der Waals surface area contributed by atoms with Crippen molar-refractivity contribution in [3.8, 4) is 0 Å². The number of aliphatic imine (C=N–C) groups is 1. The van der Waals surface area contributed by atoms with Crippen molar-refractivity contribution in [3.05, 3.63) is 59.1 Å². The van der Waals surface area contributed by atoms with Gasteiger partial charge in [0.25, 0.3) is 0 Å². The van der Waals surface area contributed by atoms with Gasteiger partial charge in [-0.3, -0.25) is 14.9 Å². The second kappa shape index (κ2) is 5.52. The van der Waals surface area contributed by atoms with Gasteiger partial charge >= 0.3 is 6.03 Å². The molecule has 0 radical (unpaired) electrons. The Kier molecular flexibility index (Phi) is 3.15. The molecule has 1 atom stereocenters. The van der Waals surface area contributed by atoms with Crippen LogP contribution in [-0.4, -0.2) is 23.3 Å². The van der Waals surface area contributed by atoms with Gasteiger partial charge in [0.2, 0.25) is 0 Å². The zero-order valence-corrected chi connectivity index (χ0v) is 14.2. The second-order valence-corrected chi connectivity index (χ2v) is 6.46. The molecule has 5 nitrogen and oxygen atoms in total. The zero-order chi connectivity index (χ0) is 17.7. The Morgan fingerprint density at radius 1 is 1.12 bits per heavy atom. The molecule has 0 saturated heterocycles. The molecule has 0 spiro atoms. The molecule has 1 N–H and O–H groups in total. The van der Waals surface area contributed by atoms with Crippen molar-refractivity contribution in [2.24, 2.45) is 4.99 Å². The van der Waals surface area contributed by atoms with Crippen LogP contribution in [0.15, 0.2) is 53.7 Å². The van der Waals surface area contributed by atoms with Crippen LogP contribution in [-0.2, 0) is 0 Å². The Labute approximate surface area is 150 Å². The Morgan fingerprint density at radius 2 is 2.04 bits per heavy atom. The van der Waals surface area contributed by atoms with E-state index in [-0.39, 0.29) is 12.1 Å². The fourth-order valence-electron chi connectivity index (χ4n) is 3.70. The van der Waals surface area contributed by atoms with Crippen LogP contribution in [0.2, 0.25) is 0 Å². The van der Waals surface area contributed by atoms with E-state index < -0.39 is 0 Å². The monoisotopic (exact) mass is 340 g/mol. The molecule has 0 fully saturated rings. The summed E-state index contributed by atoms with van der Waals surface area (Å²) in [4.78, 5) is 23.5.